The zero-order valence-corrected chi connectivity index (χ0v) is 10.7. The van der Waals surface area contributed by atoms with E-state index in [2.05, 4.69) is 20.5 Å². The summed E-state index contributed by atoms with van der Waals surface area (Å²) in [6.07, 6.45) is 1.98. The van der Waals surface area contributed by atoms with Crippen LogP contribution in [0.2, 0.25) is 0 Å². The van der Waals surface area contributed by atoms with Gasteiger partial charge in [-0.1, -0.05) is 0 Å². The molecule has 3 atom stereocenters. The Morgan fingerprint density at radius 1 is 1.56 bits per heavy atom. The van der Waals surface area contributed by atoms with Gasteiger partial charge in [-0.05, 0) is 19.4 Å². The number of carbonyl (C=O) groups excluding carboxylic acids is 1. The van der Waals surface area contributed by atoms with Crippen molar-refractivity contribution in [1.82, 2.24) is 15.5 Å². The maximum Gasteiger partial charge on any atom is 0.252 e. The molecule has 3 aliphatic heterocycles. The minimum absolute atomic E-state index is 0.102. The molecule has 0 aromatic heterocycles. The van der Waals surface area contributed by atoms with Crippen molar-refractivity contribution in [1.29, 1.82) is 0 Å². The maximum absolute atomic E-state index is 12.3. The number of rotatable bonds is 3. The fourth-order valence-corrected chi connectivity index (χ4v) is 3.29. The summed E-state index contributed by atoms with van der Waals surface area (Å²) in [5.41, 5.74) is -0.404. The molecule has 3 rings (SSSR count). The highest BCUT2D eigenvalue weighted by Gasteiger charge is 2.55. The van der Waals surface area contributed by atoms with Gasteiger partial charge in [-0.25, -0.2) is 0 Å². The van der Waals surface area contributed by atoms with Gasteiger partial charge >= 0.3 is 0 Å². The highest BCUT2D eigenvalue weighted by Crippen LogP contribution is 2.37. The standard InChI is InChI=1S/C12H20N4O2/c1-18-7-4-13-11-14-10(17)12(15-11)3-6-16-5-2-9(12)8-16/h9H,2-8H2,1H3,(H2,13,14,15,17). The minimum Gasteiger partial charge on any atom is -0.383 e. The highest BCUT2D eigenvalue weighted by molar-refractivity contribution is 6.09. The molecule has 0 aromatic rings. The Bertz CT molecular complexity index is 384. The van der Waals surface area contributed by atoms with Crippen molar-refractivity contribution in [2.75, 3.05) is 39.9 Å². The molecule has 6 nitrogen and oxygen atoms in total. The number of piperidine rings is 1. The predicted octanol–water partition coefficient (Wildman–Crippen LogP) is -0.827. The topological polar surface area (TPSA) is 66.0 Å². The van der Waals surface area contributed by atoms with Crippen molar-refractivity contribution in [3.8, 4) is 0 Å². The van der Waals surface area contributed by atoms with Gasteiger partial charge in [0.05, 0.1) is 13.2 Å². The Balaban J connectivity index is 1.73. The van der Waals surface area contributed by atoms with E-state index in [9.17, 15) is 4.79 Å². The molecular formula is C12H20N4O2. The van der Waals surface area contributed by atoms with Crippen LogP contribution in [0.5, 0.6) is 0 Å². The summed E-state index contributed by atoms with van der Waals surface area (Å²) in [6.45, 7) is 4.31. The number of aliphatic imine (C=N–C) groups is 1. The Morgan fingerprint density at radius 3 is 3.28 bits per heavy atom. The average molecular weight is 252 g/mol. The van der Waals surface area contributed by atoms with Gasteiger partial charge in [0.15, 0.2) is 5.96 Å². The fraction of sp³-hybridized carbons (Fsp3) is 0.833. The number of guanidine groups is 1. The molecule has 1 spiro atoms. The van der Waals surface area contributed by atoms with Gasteiger partial charge in [0, 0.05) is 26.1 Å². The summed E-state index contributed by atoms with van der Waals surface area (Å²) >= 11 is 0. The summed E-state index contributed by atoms with van der Waals surface area (Å²) in [6, 6.07) is 0. The van der Waals surface area contributed by atoms with Crippen molar-refractivity contribution in [3.63, 3.8) is 0 Å². The highest BCUT2D eigenvalue weighted by atomic mass is 16.5. The van der Waals surface area contributed by atoms with E-state index in [1.165, 1.54) is 0 Å². The van der Waals surface area contributed by atoms with Crippen LogP contribution in [0.15, 0.2) is 4.99 Å². The number of hydrogen-bond donors (Lipinski definition) is 2. The van der Waals surface area contributed by atoms with Crippen molar-refractivity contribution >= 4 is 11.9 Å². The van der Waals surface area contributed by atoms with Crippen LogP contribution >= 0.6 is 0 Å². The number of carbonyl (C=O) groups is 1. The van der Waals surface area contributed by atoms with Crippen molar-refractivity contribution in [3.05, 3.63) is 0 Å². The number of nitrogens with one attached hydrogen (secondary N) is 2. The molecule has 0 radical (unpaired) electrons. The Hall–Kier alpha value is -1.14. The summed E-state index contributed by atoms with van der Waals surface area (Å²) in [7, 11) is 1.65. The van der Waals surface area contributed by atoms with Crippen LogP contribution in [0, 0.1) is 5.92 Å². The normalized spacial score (nSPS) is 40.3. The smallest absolute Gasteiger partial charge is 0.252 e. The van der Waals surface area contributed by atoms with Crippen molar-refractivity contribution < 1.29 is 9.53 Å². The van der Waals surface area contributed by atoms with Gasteiger partial charge in [-0.15, -0.1) is 0 Å². The number of hydrogen-bond acceptors (Lipinski definition) is 4. The molecule has 3 unspecified atom stereocenters. The van der Waals surface area contributed by atoms with Gasteiger partial charge in [-0.2, -0.15) is 0 Å². The number of methoxy groups -OCH3 is 1. The molecule has 1 amide bonds. The molecule has 0 aliphatic carbocycles. The molecule has 3 fully saturated rings. The van der Waals surface area contributed by atoms with E-state index in [-0.39, 0.29) is 5.91 Å². The van der Waals surface area contributed by atoms with E-state index in [0.717, 1.165) is 32.5 Å². The Kier molecular flexibility index (Phi) is 2.99. The third kappa shape index (κ3) is 1.80. The van der Waals surface area contributed by atoms with Gasteiger partial charge in [-0.3, -0.25) is 15.1 Å². The summed E-state index contributed by atoms with van der Waals surface area (Å²) in [4.78, 5) is 19.0. The van der Waals surface area contributed by atoms with Crippen LogP contribution < -0.4 is 10.6 Å². The second-order valence-corrected chi connectivity index (χ2v) is 5.31. The molecule has 3 aliphatic rings. The molecule has 2 bridgehead atoms. The summed E-state index contributed by atoms with van der Waals surface area (Å²) < 4.78 is 4.96. The third-order valence-electron chi connectivity index (χ3n) is 4.34. The lowest BCUT2D eigenvalue weighted by Gasteiger charge is -2.37. The molecule has 3 saturated heterocycles. The monoisotopic (exact) mass is 252 g/mol. The second kappa shape index (κ2) is 4.51. The SMILES string of the molecule is COCCN=C1NC(=O)C2(CCN3CCC2C3)N1. The van der Waals surface area contributed by atoms with Crippen LogP contribution in [0.1, 0.15) is 12.8 Å². The van der Waals surface area contributed by atoms with Gasteiger partial charge < -0.3 is 15.0 Å². The van der Waals surface area contributed by atoms with E-state index in [4.69, 9.17) is 4.74 Å². The second-order valence-electron chi connectivity index (χ2n) is 5.31. The van der Waals surface area contributed by atoms with E-state index in [1.807, 2.05) is 0 Å². The van der Waals surface area contributed by atoms with Gasteiger partial charge in [0.25, 0.3) is 5.91 Å². The molecule has 6 heteroatoms. The first-order chi connectivity index (χ1) is 8.74. The Morgan fingerprint density at radius 2 is 2.44 bits per heavy atom. The number of fused-ring (bicyclic) bond motifs is 3. The number of amides is 1. The fourth-order valence-electron chi connectivity index (χ4n) is 3.29. The first-order valence-electron chi connectivity index (χ1n) is 6.60. The minimum atomic E-state index is -0.404. The number of ether oxygens (including phenoxy) is 1. The quantitative estimate of drug-likeness (QED) is 0.644. The molecule has 18 heavy (non-hydrogen) atoms. The van der Waals surface area contributed by atoms with Crippen LogP contribution in [0.3, 0.4) is 0 Å². The average Bonchev–Trinajstić information content (AvgIpc) is 2.89. The zero-order chi connectivity index (χ0) is 12.6. The summed E-state index contributed by atoms with van der Waals surface area (Å²) in [5.74, 6) is 1.14. The maximum atomic E-state index is 12.3. The van der Waals surface area contributed by atoms with Crippen LogP contribution in [0.4, 0.5) is 0 Å². The first kappa shape index (κ1) is 11.9. The number of nitrogens with zero attached hydrogens (tertiary/aromatic N) is 2. The lowest BCUT2D eigenvalue weighted by Crippen LogP contribution is -2.57. The van der Waals surface area contributed by atoms with Gasteiger partial charge in [0.2, 0.25) is 0 Å². The lowest BCUT2D eigenvalue weighted by atomic mass is 9.79. The van der Waals surface area contributed by atoms with Crippen LogP contribution in [-0.4, -0.2) is 62.2 Å². The van der Waals surface area contributed by atoms with Crippen molar-refractivity contribution in [2.45, 2.75) is 18.4 Å². The molecule has 0 saturated carbocycles. The first-order valence-corrected chi connectivity index (χ1v) is 6.60. The van der Waals surface area contributed by atoms with Crippen molar-refractivity contribution in [2.24, 2.45) is 10.9 Å². The largest absolute Gasteiger partial charge is 0.383 e. The molecular weight excluding hydrogens is 232 g/mol. The zero-order valence-electron chi connectivity index (χ0n) is 10.7. The molecule has 100 valence electrons. The Labute approximate surface area is 107 Å². The third-order valence-corrected chi connectivity index (χ3v) is 4.34. The molecule has 0 aromatic carbocycles. The van der Waals surface area contributed by atoms with Crippen LogP contribution in [0.25, 0.3) is 0 Å². The summed E-state index contributed by atoms with van der Waals surface area (Å²) in [5, 5.41) is 6.23. The predicted molar refractivity (Wildman–Crippen MR) is 67.4 cm³/mol. The van der Waals surface area contributed by atoms with E-state index in [0.29, 0.717) is 25.0 Å². The molecule has 2 N–H and O–H groups in total. The van der Waals surface area contributed by atoms with E-state index in [1.54, 1.807) is 7.11 Å². The molecule has 3 heterocycles. The lowest BCUT2D eigenvalue weighted by molar-refractivity contribution is -0.126. The van der Waals surface area contributed by atoms with Gasteiger partial charge in [0.1, 0.15) is 5.54 Å². The van der Waals surface area contributed by atoms with Crippen LogP contribution in [-0.2, 0) is 9.53 Å². The van der Waals surface area contributed by atoms with E-state index >= 15 is 0 Å². The van der Waals surface area contributed by atoms with E-state index < -0.39 is 5.54 Å².